The van der Waals surface area contributed by atoms with Crippen LogP contribution >= 0.6 is 0 Å². The SMILES string of the molecule is C[C@H]1CN(CC(Cc2ccccc2)C(=O)O)CC[C@@]1(C)c1cccc(O)c1. The van der Waals surface area contributed by atoms with Crippen molar-refractivity contribution < 1.29 is 15.0 Å². The molecule has 0 aliphatic carbocycles. The molecule has 1 unspecified atom stereocenters. The van der Waals surface area contributed by atoms with Crippen LogP contribution in [0, 0.1) is 11.8 Å². The summed E-state index contributed by atoms with van der Waals surface area (Å²) in [6, 6.07) is 17.4. The molecule has 0 amide bonds. The maximum absolute atomic E-state index is 11.8. The molecule has 3 atom stereocenters. The molecule has 0 saturated carbocycles. The Labute approximate surface area is 161 Å². The van der Waals surface area contributed by atoms with Crippen LogP contribution in [0.15, 0.2) is 54.6 Å². The lowest BCUT2D eigenvalue weighted by atomic mass is 9.68. The predicted molar refractivity (Wildman–Crippen MR) is 107 cm³/mol. The first-order valence-electron chi connectivity index (χ1n) is 9.67. The van der Waals surface area contributed by atoms with Crippen molar-refractivity contribution in [2.45, 2.75) is 32.1 Å². The van der Waals surface area contributed by atoms with Crippen molar-refractivity contribution in [2.24, 2.45) is 11.8 Å². The number of phenols is 1. The summed E-state index contributed by atoms with van der Waals surface area (Å²) in [6.07, 6.45) is 1.51. The number of phenolic OH excluding ortho intramolecular Hbond substituents is 1. The summed E-state index contributed by atoms with van der Waals surface area (Å²) in [5.74, 6) is -0.450. The zero-order valence-corrected chi connectivity index (χ0v) is 16.1. The van der Waals surface area contributed by atoms with Crippen molar-refractivity contribution in [1.29, 1.82) is 0 Å². The lowest BCUT2D eigenvalue weighted by Gasteiger charge is -2.45. The van der Waals surface area contributed by atoms with Gasteiger partial charge in [0.05, 0.1) is 5.92 Å². The summed E-state index contributed by atoms with van der Waals surface area (Å²) in [6.45, 7) is 6.79. The first-order chi connectivity index (χ1) is 12.9. The Morgan fingerprint density at radius 3 is 2.59 bits per heavy atom. The second-order valence-corrected chi connectivity index (χ2v) is 8.10. The Hall–Kier alpha value is -2.33. The van der Waals surface area contributed by atoms with E-state index in [0.717, 1.165) is 30.6 Å². The lowest BCUT2D eigenvalue weighted by Crippen LogP contribution is -2.49. The highest BCUT2D eigenvalue weighted by molar-refractivity contribution is 5.70. The molecule has 0 aromatic heterocycles. The molecule has 4 heteroatoms. The number of benzene rings is 2. The van der Waals surface area contributed by atoms with E-state index in [4.69, 9.17) is 0 Å². The first kappa shape index (κ1) is 19.4. The van der Waals surface area contributed by atoms with Gasteiger partial charge in [-0.3, -0.25) is 4.79 Å². The fourth-order valence-corrected chi connectivity index (χ4v) is 4.21. The first-order valence-corrected chi connectivity index (χ1v) is 9.67. The summed E-state index contributed by atoms with van der Waals surface area (Å²) in [5, 5.41) is 19.5. The largest absolute Gasteiger partial charge is 0.508 e. The fourth-order valence-electron chi connectivity index (χ4n) is 4.21. The molecule has 2 aromatic carbocycles. The number of rotatable bonds is 6. The van der Waals surface area contributed by atoms with Gasteiger partial charge in [-0.15, -0.1) is 0 Å². The summed E-state index contributed by atoms with van der Waals surface area (Å²) >= 11 is 0. The normalized spacial score (nSPS) is 24.4. The van der Waals surface area contributed by atoms with Crippen LogP contribution in [0.4, 0.5) is 0 Å². The van der Waals surface area contributed by atoms with Crippen molar-refractivity contribution in [3.63, 3.8) is 0 Å². The third-order valence-electron chi connectivity index (χ3n) is 6.23. The van der Waals surface area contributed by atoms with Crippen molar-refractivity contribution >= 4 is 5.97 Å². The fraction of sp³-hybridized carbons (Fsp3) is 0.435. The zero-order chi connectivity index (χ0) is 19.4. The number of piperidine rings is 1. The topological polar surface area (TPSA) is 60.8 Å². The van der Waals surface area contributed by atoms with E-state index in [9.17, 15) is 15.0 Å². The van der Waals surface area contributed by atoms with Crippen molar-refractivity contribution in [3.05, 3.63) is 65.7 Å². The molecule has 27 heavy (non-hydrogen) atoms. The molecule has 1 heterocycles. The van der Waals surface area contributed by atoms with Gasteiger partial charge in [0.15, 0.2) is 0 Å². The minimum Gasteiger partial charge on any atom is -0.508 e. The molecule has 1 aliphatic heterocycles. The molecular formula is C23H29NO3. The summed E-state index contributed by atoms with van der Waals surface area (Å²) in [7, 11) is 0. The highest BCUT2D eigenvalue weighted by Gasteiger charge is 2.39. The maximum atomic E-state index is 11.8. The lowest BCUT2D eigenvalue weighted by molar-refractivity contribution is -0.142. The molecule has 0 radical (unpaired) electrons. The zero-order valence-electron chi connectivity index (χ0n) is 16.1. The van der Waals surface area contributed by atoms with Crippen LogP contribution in [-0.4, -0.2) is 40.7 Å². The third kappa shape index (κ3) is 4.51. The Balaban J connectivity index is 1.67. The smallest absolute Gasteiger partial charge is 0.308 e. The number of carboxylic acid groups (broad SMARTS) is 1. The van der Waals surface area contributed by atoms with Crippen molar-refractivity contribution in [2.75, 3.05) is 19.6 Å². The van der Waals surface area contributed by atoms with Gasteiger partial charge in [-0.2, -0.15) is 0 Å². The van der Waals surface area contributed by atoms with Crippen molar-refractivity contribution in [3.8, 4) is 5.75 Å². The van der Waals surface area contributed by atoms with E-state index in [2.05, 4.69) is 24.8 Å². The Morgan fingerprint density at radius 2 is 1.96 bits per heavy atom. The van der Waals surface area contributed by atoms with E-state index in [1.807, 2.05) is 42.5 Å². The van der Waals surface area contributed by atoms with Crippen LogP contribution in [0.1, 0.15) is 31.4 Å². The Bertz CT molecular complexity index is 776. The minimum atomic E-state index is -0.729. The summed E-state index contributed by atoms with van der Waals surface area (Å²) in [4.78, 5) is 14.1. The number of likely N-dealkylation sites (tertiary alicyclic amines) is 1. The Kier molecular flexibility index (Phi) is 5.85. The van der Waals surface area contributed by atoms with Crippen LogP contribution < -0.4 is 0 Å². The van der Waals surface area contributed by atoms with E-state index in [1.165, 1.54) is 0 Å². The van der Waals surface area contributed by atoms with Gasteiger partial charge in [0.25, 0.3) is 0 Å². The Morgan fingerprint density at radius 1 is 1.22 bits per heavy atom. The van der Waals surface area contributed by atoms with Gasteiger partial charge in [0.2, 0.25) is 0 Å². The van der Waals surface area contributed by atoms with E-state index in [0.29, 0.717) is 24.6 Å². The van der Waals surface area contributed by atoms with E-state index >= 15 is 0 Å². The van der Waals surface area contributed by atoms with E-state index < -0.39 is 11.9 Å². The van der Waals surface area contributed by atoms with Crippen LogP contribution in [0.25, 0.3) is 0 Å². The molecule has 1 fully saturated rings. The standard InChI is InChI=1S/C23H29NO3/c1-17-15-24(12-11-23(17,2)20-9-6-10-21(25)14-20)16-19(22(26)27)13-18-7-4-3-5-8-18/h3-10,14,17,19,25H,11-13,15-16H2,1-2H3,(H,26,27)/t17-,19?,23+/m0/s1. The highest BCUT2D eigenvalue weighted by atomic mass is 16.4. The molecule has 3 rings (SSSR count). The molecule has 4 nitrogen and oxygen atoms in total. The molecule has 144 valence electrons. The highest BCUT2D eigenvalue weighted by Crippen LogP contribution is 2.40. The minimum absolute atomic E-state index is 0.00656. The maximum Gasteiger partial charge on any atom is 0.308 e. The van der Waals surface area contributed by atoms with Gasteiger partial charge in [-0.25, -0.2) is 0 Å². The average Bonchev–Trinajstić information content (AvgIpc) is 2.65. The molecule has 2 N–H and O–H groups in total. The number of hydrogen-bond donors (Lipinski definition) is 2. The van der Waals surface area contributed by atoms with E-state index in [1.54, 1.807) is 6.07 Å². The number of hydrogen-bond acceptors (Lipinski definition) is 3. The molecule has 2 aromatic rings. The van der Waals surface area contributed by atoms with Crippen LogP contribution in [0.5, 0.6) is 5.75 Å². The molecule has 1 aliphatic rings. The van der Waals surface area contributed by atoms with Gasteiger partial charge in [-0.1, -0.05) is 56.3 Å². The number of carboxylic acids is 1. The van der Waals surface area contributed by atoms with Gasteiger partial charge in [0.1, 0.15) is 5.75 Å². The number of nitrogens with zero attached hydrogens (tertiary/aromatic N) is 1. The summed E-state index contributed by atoms with van der Waals surface area (Å²) in [5.41, 5.74) is 2.22. The van der Waals surface area contributed by atoms with Crippen LogP contribution in [-0.2, 0) is 16.6 Å². The average molecular weight is 367 g/mol. The van der Waals surface area contributed by atoms with E-state index in [-0.39, 0.29) is 5.41 Å². The molecular weight excluding hydrogens is 338 g/mol. The third-order valence-corrected chi connectivity index (χ3v) is 6.23. The summed E-state index contributed by atoms with van der Waals surface area (Å²) < 4.78 is 0. The second kappa shape index (κ2) is 8.13. The van der Waals surface area contributed by atoms with Gasteiger partial charge < -0.3 is 15.1 Å². The monoisotopic (exact) mass is 367 g/mol. The van der Waals surface area contributed by atoms with Crippen LogP contribution in [0.2, 0.25) is 0 Å². The number of aromatic hydroxyl groups is 1. The molecule has 1 saturated heterocycles. The molecule has 0 bridgehead atoms. The number of aliphatic carboxylic acids is 1. The van der Waals surface area contributed by atoms with Gasteiger partial charge >= 0.3 is 5.97 Å². The second-order valence-electron chi connectivity index (χ2n) is 8.10. The predicted octanol–water partition coefficient (Wildman–Crippen LogP) is 3.94. The van der Waals surface area contributed by atoms with Crippen LogP contribution in [0.3, 0.4) is 0 Å². The van der Waals surface area contributed by atoms with Gasteiger partial charge in [-0.05, 0) is 54.0 Å². The number of carbonyl (C=O) groups is 1. The van der Waals surface area contributed by atoms with Gasteiger partial charge in [0, 0.05) is 13.1 Å². The molecule has 0 spiro atoms. The van der Waals surface area contributed by atoms with Crippen molar-refractivity contribution in [1.82, 2.24) is 4.90 Å². The quantitative estimate of drug-likeness (QED) is 0.812.